The average Bonchev–Trinajstić information content (AvgIpc) is 3.43. The summed E-state index contributed by atoms with van der Waals surface area (Å²) in [6.07, 6.45) is 8.01. The molecule has 0 aliphatic carbocycles. The molecule has 5 rings (SSSR count). The van der Waals surface area contributed by atoms with Gasteiger partial charge in [0.05, 0.1) is 17.0 Å². The summed E-state index contributed by atoms with van der Waals surface area (Å²) in [5, 5.41) is 8.31. The van der Waals surface area contributed by atoms with Gasteiger partial charge in [-0.25, -0.2) is 0 Å². The molecule has 2 fully saturated rings. The van der Waals surface area contributed by atoms with Crippen molar-refractivity contribution in [1.82, 2.24) is 30.0 Å². The van der Waals surface area contributed by atoms with E-state index in [1.807, 2.05) is 9.80 Å². The molecule has 2 aliphatic heterocycles. The monoisotopic (exact) mass is 432 g/mol. The Morgan fingerprint density at radius 2 is 1.59 bits per heavy atom. The van der Waals surface area contributed by atoms with E-state index in [1.165, 1.54) is 0 Å². The van der Waals surface area contributed by atoms with Crippen molar-refractivity contribution in [3.05, 3.63) is 72.0 Å². The molecule has 9 nitrogen and oxygen atoms in total. The van der Waals surface area contributed by atoms with Gasteiger partial charge in [0.1, 0.15) is 0 Å². The van der Waals surface area contributed by atoms with E-state index in [2.05, 4.69) is 20.2 Å². The van der Waals surface area contributed by atoms with Crippen molar-refractivity contribution in [2.75, 3.05) is 26.2 Å². The molecule has 9 heteroatoms. The van der Waals surface area contributed by atoms with Gasteiger partial charge in [0.25, 0.3) is 11.8 Å². The highest BCUT2D eigenvalue weighted by Crippen LogP contribution is 2.49. The number of carbonyl (C=O) groups is 2. The lowest BCUT2D eigenvalue weighted by Gasteiger charge is -2.41. The van der Waals surface area contributed by atoms with Gasteiger partial charge in [0.2, 0.25) is 11.8 Å². The van der Waals surface area contributed by atoms with E-state index >= 15 is 0 Å². The SMILES string of the molecule is Cc1nnc([C@H]2CN(C(=O)c3cccnc3)CC23CCN(C(=O)c2cccnc2)CC3)o1. The lowest BCUT2D eigenvalue weighted by atomic mass is 9.70. The molecule has 3 aromatic heterocycles. The van der Waals surface area contributed by atoms with Gasteiger partial charge < -0.3 is 14.2 Å². The summed E-state index contributed by atoms with van der Waals surface area (Å²) < 4.78 is 5.81. The molecule has 2 aliphatic rings. The Morgan fingerprint density at radius 3 is 2.12 bits per heavy atom. The molecule has 1 atom stereocenters. The Bertz CT molecular complexity index is 1110. The second kappa shape index (κ2) is 8.14. The molecule has 2 saturated heterocycles. The van der Waals surface area contributed by atoms with E-state index in [0.29, 0.717) is 49.1 Å². The average molecular weight is 432 g/mol. The van der Waals surface area contributed by atoms with E-state index in [0.717, 1.165) is 12.8 Å². The number of aryl methyl sites for hydroxylation is 1. The minimum Gasteiger partial charge on any atom is -0.425 e. The molecule has 0 unspecified atom stereocenters. The Labute approximate surface area is 185 Å². The Balaban J connectivity index is 1.38. The molecule has 1 spiro atoms. The minimum absolute atomic E-state index is 0.0144. The number of rotatable bonds is 3. The summed E-state index contributed by atoms with van der Waals surface area (Å²) in [5.41, 5.74) is 0.935. The summed E-state index contributed by atoms with van der Waals surface area (Å²) in [5.74, 6) is 0.942. The van der Waals surface area contributed by atoms with E-state index in [-0.39, 0.29) is 23.1 Å². The standard InChI is InChI=1S/C23H24N6O3/c1-16-26-27-20(32-16)19-14-29(22(31)18-5-3-9-25-13-18)15-23(19)6-10-28(11-7-23)21(30)17-4-2-8-24-12-17/h2-5,8-9,12-13,19H,6-7,10-11,14-15H2,1H3/t19-/m1/s1. The third kappa shape index (κ3) is 3.63. The lowest BCUT2D eigenvalue weighted by Crippen LogP contribution is -2.46. The van der Waals surface area contributed by atoms with Crippen LogP contribution in [0.3, 0.4) is 0 Å². The van der Waals surface area contributed by atoms with Gasteiger partial charge in [-0.05, 0) is 37.1 Å². The fourth-order valence-corrected chi connectivity index (χ4v) is 4.92. The number of aromatic nitrogens is 4. The summed E-state index contributed by atoms with van der Waals surface area (Å²) in [7, 11) is 0. The van der Waals surface area contributed by atoms with Crippen LogP contribution in [0.25, 0.3) is 0 Å². The molecule has 0 bridgehead atoms. The molecule has 164 valence electrons. The van der Waals surface area contributed by atoms with Crippen molar-refractivity contribution in [2.45, 2.75) is 25.7 Å². The Morgan fingerprint density at radius 1 is 0.969 bits per heavy atom. The van der Waals surface area contributed by atoms with Gasteiger partial charge in [-0.15, -0.1) is 10.2 Å². The zero-order valence-corrected chi connectivity index (χ0v) is 17.8. The summed E-state index contributed by atoms with van der Waals surface area (Å²) in [6, 6.07) is 7.10. The topological polar surface area (TPSA) is 105 Å². The number of nitrogens with zero attached hydrogens (tertiary/aromatic N) is 6. The summed E-state index contributed by atoms with van der Waals surface area (Å²) >= 11 is 0. The molecule has 0 saturated carbocycles. The number of hydrogen-bond donors (Lipinski definition) is 0. The maximum Gasteiger partial charge on any atom is 0.255 e. The van der Waals surface area contributed by atoms with E-state index in [9.17, 15) is 9.59 Å². The van der Waals surface area contributed by atoms with Gasteiger partial charge in [0.15, 0.2) is 0 Å². The first-order chi connectivity index (χ1) is 15.6. The van der Waals surface area contributed by atoms with Gasteiger partial charge in [0, 0.05) is 63.3 Å². The first-order valence-electron chi connectivity index (χ1n) is 10.7. The predicted octanol–water partition coefficient (Wildman–Crippen LogP) is 2.33. The smallest absolute Gasteiger partial charge is 0.255 e. The second-order valence-electron chi connectivity index (χ2n) is 8.54. The van der Waals surface area contributed by atoms with Crippen LogP contribution in [0.5, 0.6) is 0 Å². The van der Waals surface area contributed by atoms with E-state index in [1.54, 1.807) is 56.0 Å². The predicted molar refractivity (Wildman–Crippen MR) is 114 cm³/mol. The molecule has 2 amide bonds. The van der Waals surface area contributed by atoms with Gasteiger partial charge in [-0.3, -0.25) is 19.6 Å². The molecule has 32 heavy (non-hydrogen) atoms. The normalized spacial score (nSPS) is 20.0. The zero-order valence-electron chi connectivity index (χ0n) is 17.8. The largest absolute Gasteiger partial charge is 0.425 e. The van der Waals surface area contributed by atoms with Crippen LogP contribution >= 0.6 is 0 Å². The summed E-state index contributed by atoms with van der Waals surface area (Å²) in [4.78, 5) is 37.9. The Hall–Kier alpha value is -3.62. The number of piperidine rings is 1. The third-order valence-electron chi connectivity index (χ3n) is 6.64. The molecular weight excluding hydrogens is 408 g/mol. The fraction of sp³-hybridized carbons (Fsp3) is 0.391. The number of hydrogen-bond acceptors (Lipinski definition) is 7. The fourth-order valence-electron chi connectivity index (χ4n) is 4.92. The number of pyridine rings is 2. The highest BCUT2D eigenvalue weighted by Gasteiger charge is 2.52. The highest BCUT2D eigenvalue weighted by atomic mass is 16.4. The minimum atomic E-state index is -0.220. The third-order valence-corrected chi connectivity index (χ3v) is 6.64. The number of likely N-dealkylation sites (tertiary alicyclic amines) is 2. The maximum atomic E-state index is 13.2. The van der Waals surface area contributed by atoms with Crippen LogP contribution in [0.1, 0.15) is 51.3 Å². The van der Waals surface area contributed by atoms with Crippen molar-refractivity contribution >= 4 is 11.8 Å². The van der Waals surface area contributed by atoms with Crippen molar-refractivity contribution in [3.8, 4) is 0 Å². The molecule has 0 radical (unpaired) electrons. The van der Waals surface area contributed by atoms with Crippen LogP contribution in [0.15, 0.2) is 53.5 Å². The van der Waals surface area contributed by atoms with Crippen LogP contribution < -0.4 is 0 Å². The second-order valence-corrected chi connectivity index (χ2v) is 8.54. The van der Waals surface area contributed by atoms with E-state index < -0.39 is 0 Å². The van der Waals surface area contributed by atoms with Gasteiger partial charge >= 0.3 is 0 Å². The van der Waals surface area contributed by atoms with Gasteiger partial charge in [-0.2, -0.15) is 0 Å². The maximum absolute atomic E-state index is 13.2. The van der Waals surface area contributed by atoms with Crippen molar-refractivity contribution in [3.63, 3.8) is 0 Å². The first kappa shape index (κ1) is 20.3. The van der Waals surface area contributed by atoms with Crippen LogP contribution in [0, 0.1) is 12.3 Å². The van der Waals surface area contributed by atoms with Gasteiger partial charge in [-0.1, -0.05) is 0 Å². The van der Waals surface area contributed by atoms with Crippen molar-refractivity contribution in [2.24, 2.45) is 5.41 Å². The van der Waals surface area contributed by atoms with Crippen LogP contribution in [-0.4, -0.2) is 68.0 Å². The molecule has 5 heterocycles. The van der Waals surface area contributed by atoms with E-state index in [4.69, 9.17) is 4.42 Å². The molecule has 3 aromatic rings. The first-order valence-corrected chi connectivity index (χ1v) is 10.7. The number of carbonyl (C=O) groups excluding carboxylic acids is 2. The van der Waals surface area contributed by atoms with Crippen LogP contribution in [-0.2, 0) is 0 Å². The molecule has 0 aromatic carbocycles. The van der Waals surface area contributed by atoms with Crippen LogP contribution in [0.4, 0.5) is 0 Å². The zero-order chi connectivity index (χ0) is 22.1. The lowest BCUT2D eigenvalue weighted by molar-refractivity contribution is 0.0529. The van der Waals surface area contributed by atoms with Crippen LogP contribution in [0.2, 0.25) is 0 Å². The quantitative estimate of drug-likeness (QED) is 0.625. The Kier molecular flexibility index (Phi) is 5.16. The van der Waals surface area contributed by atoms with Crippen molar-refractivity contribution < 1.29 is 14.0 Å². The summed E-state index contributed by atoms with van der Waals surface area (Å²) in [6.45, 7) is 4.07. The highest BCUT2D eigenvalue weighted by molar-refractivity contribution is 5.94. The number of amides is 2. The molecule has 0 N–H and O–H groups in total. The van der Waals surface area contributed by atoms with Crippen molar-refractivity contribution in [1.29, 1.82) is 0 Å². The molecular formula is C23H24N6O3.